The van der Waals surface area contributed by atoms with E-state index in [9.17, 15) is 4.39 Å². The lowest BCUT2D eigenvalue weighted by molar-refractivity contribution is 0.294. The Kier molecular flexibility index (Phi) is 8.49. The number of aromatic nitrogens is 3. The van der Waals surface area contributed by atoms with E-state index < -0.39 is 0 Å². The van der Waals surface area contributed by atoms with Crippen molar-refractivity contribution in [2.75, 3.05) is 19.6 Å². The van der Waals surface area contributed by atoms with Crippen LogP contribution in [0.1, 0.15) is 45.2 Å². The number of nitrogens with one attached hydrogen (secondary N) is 1. The van der Waals surface area contributed by atoms with Crippen LogP contribution in [0.5, 0.6) is 0 Å². The fourth-order valence-electron chi connectivity index (χ4n) is 3.53. The minimum absolute atomic E-state index is 0. The number of hydrogen-bond acceptors (Lipinski definition) is 4. The van der Waals surface area contributed by atoms with Crippen LogP contribution in [-0.2, 0) is 0 Å². The van der Waals surface area contributed by atoms with Crippen molar-refractivity contribution in [2.45, 2.75) is 39.5 Å². The predicted molar refractivity (Wildman–Crippen MR) is 118 cm³/mol. The second-order valence-corrected chi connectivity index (χ2v) is 7.19. The third kappa shape index (κ3) is 5.71. The van der Waals surface area contributed by atoms with Crippen LogP contribution in [0.4, 0.5) is 4.39 Å². The van der Waals surface area contributed by atoms with E-state index in [1.807, 2.05) is 18.5 Å². The minimum atomic E-state index is -0.245. The summed E-state index contributed by atoms with van der Waals surface area (Å²) in [6.45, 7) is 10.00. The Labute approximate surface area is 173 Å². The third-order valence-electron chi connectivity index (χ3n) is 5.36. The number of halogens is 1. The van der Waals surface area contributed by atoms with Crippen molar-refractivity contribution >= 4 is 0 Å². The van der Waals surface area contributed by atoms with E-state index in [1.165, 1.54) is 18.6 Å². The zero-order valence-corrected chi connectivity index (χ0v) is 17.7. The van der Waals surface area contributed by atoms with E-state index >= 15 is 0 Å². The molecule has 1 aromatic carbocycles. The van der Waals surface area contributed by atoms with Crippen LogP contribution in [0.25, 0.3) is 22.4 Å². The Morgan fingerprint density at radius 1 is 1.07 bits per heavy atom. The molecule has 1 atom stereocenters. The van der Waals surface area contributed by atoms with Crippen LogP contribution >= 0.6 is 0 Å². The van der Waals surface area contributed by atoms with Gasteiger partial charge >= 0.3 is 0 Å². The normalized spacial score (nSPS) is 12.0. The Bertz CT molecular complexity index is 871. The molecule has 0 aliphatic rings. The highest BCUT2D eigenvalue weighted by molar-refractivity contribution is 5.80. The van der Waals surface area contributed by atoms with Gasteiger partial charge in [-0.15, -0.1) is 0 Å². The summed E-state index contributed by atoms with van der Waals surface area (Å²) in [7, 11) is 0. The monoisotopic (exact) mass is 397 g/mol. The van der Waals surface area contributed by atoms with Gasteiger partial charge in [-0.25, -0.2) is 4.39 Å². The molecule has 156 valence electrons. The quantitative estimate of drug-likeness (QED) is 0.488. The average molecular weight is 398 g/mol. The molecule has 2 aromatic heterocycles. The van der Waals surface area contributed by atoms with Gasteiger partial charge in [0.15, 0.2) is 0 Å². The Morgan fingerprint density at radius 2 is 1.79 bits per heavy atom. The van der Waals surface area contributed by atoms with Crippen molar-refractivity contribution in [3.05, 3.63) is 60.3 Å². The van der Waals surface area contributed by atoms with E-state index in [0.29, 0.717) is 5.92 Å². The molecule has 6 heteroatoms. The van der Waals surface area contributed by atoms with Gasteiger partial charge in [0.1, 0.15) is 5.82 Å². The first-order valence-corrected chi connectivity index (χ1v) is 10.1. The molecule has 4 N–H and O–H groups in total. The molecule has 3 aromatic rings. The number of hydrogen-bond donors (Lipinski definition) is 2. The fraction of sp³-hybridized carbons (Fsp3) is 0.391. The molecule has 2 heterocycles. The lowest BCUT2D eigenvalue weighted by Gasteiger charge is -2.19. The maximum absolute atomic E-state index is 13.3. The molecular weight excluding hydrogens is 365 g/mol. The number of pyridine rings is 1. The number of rotatable bonds is 9. The highest BCUT2D eigenvalue weighted by atomic mass is 19.1. The molecule has 0 aliphatic heterocycles. The molecule has 0 saturated carbocycles. The first kappa shape index (κ1) is 22.7. The summed E-state index contributed by atoms with van der Waals surface area (Å²) in [4.78, 5) is 7.06. The number of H-pyrrole nitrogens is 1. The van der Waals surface area contributed by atoms with Gasteiger partial charge < -0.3 is 11.1 Å². The van der Waals surface area contributed by atoms with Gasteiger partial charge in [-0.2, -0.15) is 5.10 Å². The van der Waals surface area contributed by atoms with Gasteiger partial charge in [0.05, 0.1) is 5.69 Å². The van der Waals surface area contributed by atoms with Crippen LogP contribution < -0.4 is 6.15 Å². The predicted octanol–water partition coefficient (Wildman–Crippen LogP) is 5.67. The van der Waals surface area contributed by atoms with Crippen LogP contribution in [-0.4, -0.2) is 39.7 Å². The average Bonchev–Trinajstić information content (AvgIpc) is 3.21. The van der Waals surface area contributed by atoms with Crippen molar-refractivity contribution in [3.63, 3.8) is 0 Å². The number of benzene rings is 1. The summed E-state index contributed by atoms with van der Waals surface area (Å²) in [6.07, 6.45) is 6.04. The second-order valence-electron chi connectivity index (χ2n) is 7.19. The first-order chi connectivity index (χ1) is 13.6. The number of aromatic amines is 1. The lowest BCUT2D eigenvalue weighted by Crippen LogP contribution is -2.24. The summed E-state index contributed by atoms with van der Waals surface area (Å²) >= 11 is 0. The first-order valence-electron chi connectivity index (χ1n) is 10.1. The summed E-state index contributed by atoms with van der Waals surface area (Å²) in [5, 5.41) is 7.33. The highest BCUT2D eigenvalue weighted by Gasteiger charge is 2.14. The van der Waals surface area contributed by atoms with Gasteiger partial charge in [0, 0.05) is 29.2 Å². The van der Waals surface area contributed by atoms with E-state index in [2.05, 4.69) is 46.9 Å². The van der Waals surface area contributed by atoms with Gasteiger partial charge in [0.2, 0.25) is 0 Å². The highest BCUT2D eigenvalue weighted by Crippen LogP contribution is 2.31. The molecule has 0 fully saturated rings. The van der Waals surface area contributed by atoms with Crippen molar-refractivity contribution in [1.82, 2.24) is 26.2 Å². The maximum Gasteiger partial charge on any atom is 0.123 e. The summed E-state index contributed by atoms with van der Waals surface area (Å²) in [5.74, 6) is 0.155. The largest absolute Gasteiger partial charge is 0.344 e. The molecule has 0 amide bonds. The third-order valence-corrected chi connectivity index (χ3v) is 5.36. The molecular formula is C23H32FN5. The molecule has 1 unspecified atom stereocenters. The summed E-state index contributed by atoms with van der Waals surface area (Å²) in [5.41, 5.74) is 4.90. The van der Waals surface area contributed by atoms with Gasteiger partial charge in [-0.05, 0) is 80.4 Å². The van der Waals surface area contributed by atoms with Crippen molar-refractivity contribution < 1.29 is 4.39 Å². The SMILES string of the molecule is CCN(CC)CCCC(C)c1cc(-c2c[nH]nc2-c2ccc(F)cc2)ccn1.N. The van der Waals surface area contributed by atoms with Gasteiger partial charge in [0.25, 0.3) is 0 Å². The summed E-state index contributed by atoms with van der Waals surface area (Å²) < 4.78 is 13.3. The molecule has 0 bridgehead atoms. The zero-order valence-electron chi connectivity index (χ0n) is 17.7. The molecule has 0 spiro atoms. The topological polar surface area (TPSA) is 79.8 Å². The van der Waals surface area contributed by atoms with E-state index in [0.717, 1.165) is 54.1 Å². The Hall–Kier alpha value is -2.57. The molecule has 0 radical (unpaired) electrons. The van der Waals surface area contributed by atoms with Crippen molar-refractivity contribution in [2.24, 2.45) is 0 Å². The van der Waals surface area contributed by atoms with E-state index in [4.69, 9.17) is 0 Å². The Morgan fingerprint density at radius 3 is 2.48 bits per heavy atom. The molecule has 0 saturated heterocycles. The van der Waals surface area contributed by atoms with E-state index in [-0.39, 0.29) is 12.0 Å². The minimum Gasteiger partial charge on any atom is -0.344 e. The molecule has 0 aliphatic carbocycles. The zero-order chi connectivity index (χ0) is 19.9. The Balaban J connectivity index is 0.00000300. The molecule has 5 nitrogen and oxygen atoms in total. The van der Waals surface area contributed by atoms with Crippen LogP contribution in [0.3, 0.4) is 0 Å². The van der Waals surface area contributed by atoms with Crippen molar-refractivity contribution in [3.8, 4) is 22.4 Å². The molecule has 3 rings (SSSR count). The van der Waals surface area contributed by atoms with Crippen LogP contribution in [0.2, 0.25) is 0 Å². The standard InChI is InChI=1S/C23H29FN4.H3N/c1-4-28(5-2)14-6-7-17(3)22-15-19(12-13-25-22)21-16-26-27-23(21)18-8-10-20(24)11-9-18;/h8-13,15-17H,4-7,14H2,1-3H3,(H,26,27);1H3. The number of nitrogens with zero attached hydrogens (tertiary/aromatic N) is 3. The molecule has 29 heavy (non-hydrogen) atoms. The van der Waals surface area contributed by atoms with Crippen LogP contribution in [0, 0.1) is 5.82 Å². The van der Waals surface area contributed by atoms with E-state index in [1.54, 1.807) is 12.1 Å². The second kappa shape index (κ2) is 10.8. The summed E-state index contributed by atoms with van der Waals surface area (Å²) in [6, 6.07) is 10.6. The fourth-order valence-corrected chi connectivity index (χ4v) is 3.53. The van der Waals surface area contributed by atoms with Crippen LogP contribution in [0.15, 0.2) is 48.8 Å². The van der Waals surface area contributed by atoms with Gasteiger partial charge in [-0.3, -0.25) is 10.1 Å². The lowest BCUT2D eigenvalue weighted by atomic mass is 9.96. The smallest absolute Gasteiger partial charge is 0.123 e. The maximum atomic E-state index is 13.3. The van der Waals surface area contributed by atoms with Gasteiger partial charge in [-0.1, -0.05) is 20.8 Å². The van der Waals surface area contributed by atoms with Crippen molar-refractivity contribution in [1.29, 1.82) is 0 Å².